The molecule has 6 nitrogen and oxygen atoms in total. The number of nitrogens with zero attached hydrogens (tertiary/aromatic N) is 1. The van der Waals surface area contributed by atoms with E-state index in [9.17, 15) is 8.42 Å². The van der Waals surface area contributed by atoms with Crippen LogP contribution in [-0.4, -0.2) is 31.2 Å². The second-order valence-electron chi connectivity index (χ2n) is 3.66. The molecule has 0 saturated carbocycles. The predicted molar refractivity (Wildman–Crippen MR) is 65.0 cm³/mol. The summed E-state index contributed by atoms with van der Waals surface area (Å²) in [5, 5.41) is 16.9. The smallest absolute Gasteiger partial charge is 0.241 e. The molecule has 0 bridgehead atoms. The molecule has 1 rings (SSSR count). The van der Waals surface area contributed by atoms with Gasteiger partial charge in [-0.3, -0.25) is 0 Å². The molecule has 0 aliphatic rings. The monoisotopic (exact) mass is 259 g/mol. The first-order chi connectivity index (χ1) is 7.99. The number of nitrogens with two attached hydrogens (primary N) is 1. The van der Waals surface area contributed by atoms with Gasteiger partial charge in [-0.25, -0.2) is 18.5 Å². The quantitative estimate of drug-likeness (QED) is 0.681. The lowest BCUT2D eigenvalue weighted by molar-refractivity contribution is 0.278. The number of sulfonamides is 1. The fourth-order valence-corrected chi connectivity index (χ4v) is 2.11. The molecular formula is C10H17N3O3S. The van der Waals surface area contributed by atoms with E-state index in [-0.39, 0.29) is 23.4 Å². The highest BCUT2D eigenvalue weighted by atomic mass is 32.2. The molecule has 4 N–H and O–H groups in total. The summed E-state index contributed by atoms with van der Waals surface area (Å²) in [5.41, 5.74) is 0. The number of primary sulfonamides is 1. The van der Waals surface area contributed by atoms with E-state index in [4.69, 9.17) is 10.2 Å². The summed E-state index contributed by atoms with van der Waals surface area (Å²) in [6.07, 6.45) is 2.76. The summed E-state index contributed by atoms with van der Waals surface area (Å²) < 4.78 is 22.7. The van der Waals surface area contributed by atoms with Crippen LogP contribution in [0.2, 0.25) is 0 Å². The Bertz CT molecular complexity index is 462. The number of hydrogen-bond acceptors (Lipinski definition) is 5. The number of rotatable bonds is 6. The van der Waals surface area contributed by atoms with Crippen LogP contribution >= 0.6 is 0 Å². The van der Waals surface area contributed by atoms with E-state index in [0.29, 0.717) is 6.42 Å². The largest absolute Gasteiger partial charge is 0.396 e. The highest BCUT2D eigenvalue weighted by Crippen LogP contribution is 2.18. The van der Waals surface area contributed by atoms with Crippen molar-refractivity contribution in [2.75, 3.05) is 11.9 Å². The number of hydrogen-bond donors (Lipinski definition) is 3. The van der Waals surface area contributed by atoms with Crippen molar-refractivity contribution < 1.29 is 13.5 Å². The Morgan fingerprint density at radius 1 is 1.59 bits per heavy atom. The highest BCUT2D eigenvalue weighted by molar-refractivity contribution is 7.89. The molecule has 0 aromatic carbocycles. The van der Waals surface area contributed by atoms with Gasteiger partial charge in [0, 0.05) is 18.8 Å². The minimum atomic E-state index is -3.79. The molecule has 1 atom stereocenters. The lowest BCUT2D eigenvalue weighted by Crippen LogP contribution is -2.23. The van der Waals surface area contributed by atoms with Gasteiger partial charge in [0.1, 0.15) is 10.7 Å². The average molecular weight is 259 g/mol. The summed E-state index contributed by atoms with van der Waals surface area (Å²) >= 11 is 0. The topological polar surface area (TPSA) is 105 Å². The Morgan fingerprint density at radius 2 is 2.29 bits per heavy atom. The minimum absolute atomic E-state index is 0.0308. The van der Waals surface area contributed by atoms with E-state index in [0.717, 1.165) is 6.42 Å². The van der Waals surface area contributed by atoms with Gasteiger partial charge in [-0.1, -0.05) is 6.92 Å². The first-order valence-electron chi connectivity index (χ1n) is 5.34. The zero-order valence-corrected chi connectivity index (χ0v) is 10.4. The fraction of sp³-hybridized carbons (Fsp3) is 0.500. The van der Waals surface area contributed by atoms with E-state index >= 15 is 0 Å². The maximum atomic E-state index is 11.3. The van der Waals surface area contributed by atoms with Crippen LogP contribution in [0.1, 0.15) is 19.8 Å². The van der Waals surface area contributed by atoms with Gasteiger partial charge in [0.2, 0.25) is 10.0 Å². The number of aliphatic hydroxyl groups excluding tert-OH is 1. The standard InChI is InChI=1S/C10H17N3O3S/c1-2-8(5-7-14)13-10-9(17(11,15)16)4-3-6-12-10/h3-4,6,8,14H,2,5,7H2,1H3,(H,12,13)(H2,11,15,16). The van der Waals surface area contributed by atoms with Gasteiger partial charge in [0.05, 0.1) is 0 Å². The van der Waals surface area contributed by atoms with Crippen molar-refractivity contribution in [2.45, 2.75) is 30.7 Å². The van der Waals surface area contributed by atoms with Gasteiger partial charge in [-0.2, -0.15) is 0 Å². The third-order valence-corrected chi connectivity index (χ3v) is 3.33. The van der Waals surface area contributed by atoms with E-state index in [1.54, 1.807) is 0 Å². The summed E-state index contributed by atoms with van der Waals surface area (Å²) in [4.78, 5) is 3.93. The number of anilines is 1. The second-order valence-corrected chi connectivity index (χ2v) is 5.19. The molecule has 0 radical (unpaired) electrons. The van der Waals surface area contributed by atoms with Crippen LogP contribution in [0, 0.1) is 0 Å². The normalized spacial score (nSPS) is 13.4. The second kappa shape index (κ2) is 5.95. The van der Waals surface area contributed by atoms with Crippen molar-refractivity contribution in [1.82, 2.24) is 4.98 Å². The van der Waals surface area contributed by atoms with Crippen molar-refractivity contribution in [2.24, 2.45) is 5.14 Å². The van der Waals surface area contributed by atoms with Crippen molar-refractivity contribution in [1.29, 1.82) is 0 Å². The molecule has 0 fully saturated rings. The molecule has 0 spiro atoms. The maximum absolute atomic E-state index is 11.3. The summed E-state index contributed by atoms with van der Waals surface area (Å²) in [5.74, 6) is 0.232. The molecule has 1 aromatic heterocycles. The molecule has 1 heterocycles. The Kier molecular flexibility index (Phi) is 4.86. The van der Waals surface area contributed by atoms with Crippen LogP contribution in [-0.2, 0) is 10.0 Å². The molecule has 17 heavy (non-hydrogen) atoms. The third kappa shape index (κ3) is 3.95. The number of aromatic nitrogens is 1. The van der Waals surface area contributed by atoms with Crippen molar-refractivity contribution in [3.63, 3.8) is 0 Å². The van der Waals surface area contributed by atoms with Crippen LogP contribution in [0.25, 0.3) is 0 Å². The van der Waals surface area contributed by atoms with Gasteiger partial charge in [-0.05, 0) is 25.0 Å². The minimum Gasteiger partial charge on any atom is -0.396 e. The Hall–Kier alpha value is -1.18. The SMILES string of the molecule is CCC(CCO)Nc1ncccc1S(N)(=O)=O. The molecular weight excluding hydrogens is 242 g/mol. The first-order valence-corrected chi connectivity index (χ1v) is 6.89. The van der Waals surface area contributed by atoms with Gasteiger partial charge >= 0.3 is 0 Å². The summed E-state index contributed by atoms with van der Waals surface area (Å²) in [6.45, 7) is 1.97. The van der Waals surface area contributed by atoms with E-state index < -0.39 is 10.0 Å². The van der Waals surface area contributed by atoms with Crippen LogP contribution in [0.4, 0.5) is 5.82 Å². The van der Waals surface area contributed by atoms with Gasteiger partial charge in [-0.15, -0.1) is 0 Å². The lowest BCUT2D eigenvalue weighted by Gasteiger charge is -2.17. The van der Waals surface area contributed by atoms with E-state index in [1.165, 1.54) is 18.3 Å². The van der Waals surface area contributed by atoms with Crippen molar-refractivity contribution in [3.8, 4) is 0 Å². The van der Waals surface area contributed by atoms with Crippen LogP contribution in [0.3, 0.4) is 0 Å². The molecule has 7 heteroatoms. The Labute approximate surface area is 101 Å². The van der Waals surface area contributed by atoms with Crippen LogP contribution in [0.5, 0.6) is 0 Å². The molecule has 1 unspecified atom stereocenters. The van der Waals surface area contributed by atoms with Crippen LogP contribution < -0.4 is 10.5 Å². The number of aliphatic hydroxyl groups is 1. The zero-order valence-electron chi connectivity index (χ0n) is 9.63. The number of pyridine rings is 1. The fourth-order valence-electron chi connectivity index (χ4n) is 1.46. The van der Waals surface area contributed by atoms with Crippen LogP contribution in [0.15, 0.2) is 23.2 Å². The highest BCUT2D eigenvalue weighted by Gasteiger charge is 2.16. The van der Waals surface area contributed by atoms with Crippen molar-refractivity contribution in [3.05, 3.63) is 18.3 Å². The summed E-state index contributed by atoms with van der Waals surface area (Å²) in [7, 11) is -3.79. The van der Waals surface area contributed by atoms with E-state index in [1.807, 2.05) is 6.92 Å². The Morgan fingerprint density at radius 3 is 2.82 bits per heavy atom. The Balaban J connectivity index is 2.98. The summed E-state index contributed by atoms with van der Waals surface area (Å²) in [6, 6.07) is 2.88. The molecule has 0 aliphatic carbocycles. The molecule has 0 amide bonds. The molecule has 0 aliphatic heterocycles. The average Bonchev–Trinajstić information content (AvgIpc) is 2.27. The van der Waals surface area contributed by atoms with E-state index in [2.05, 4.69) is 10.3 Å². The molecule has 96 valence electrons. The third-order valence-electron chi connectivity index (χ3n) is 2.39. The number of nitrogens with one attached hydrogen (secondary N) is 1. The van der Waals surface area contributed by atoms with Gasteiger partial charge < -0.3 is 10.4 Å². The lowest BCUT2D eigenvalue weighted by atomic mass is 10.1. The van der Waals surface area contributed by atoms with Gasteiger partial charge in [0.25, 0.3) is 0 Å². The zero-order chi connectivity index (χ0) is 12.9. The maximum Gasteiger partial charge on any atom is 0.241 e. The predicted octanol–water partition coefficient (Wildman–Crippen LogP) is 0.302. The molecule has 1 aromatic rings. The first kappa shape index (κ1) is 13.9. The van der Waals surface area contributed by atoms with Gasteiger partial charge in [0.15, 0.2) is 0 Å². The van der Waals surface area contributed by atoms with Crippen molar-refractivity contribution >= 4 is 15.8 Å². The molecule has 0 saturated heterocycles.